The van der Waals surface area contributed by atoms with Crippen molar-refractivity contribution in [3.05, 3.63) is 72.4 Å². The predicted octanol–water partition coefficient (Wildman–Crippen LogP) is 4.41. The van der Waals surface area contributed by atoms with E-state index in [9.17, 15) is 4.79 Å². The molecule has 1 amide bonds. The van der Waals surface area contributed by atoms with Gasteiger partial charge in [0.05, 0.1) is 11.2 Å². The zero-order valence-electron chi connectivity index (χ0n) is 11.2. The highest BCUT2D eigenvalue weighted by Crippen LogP contribution is 2.29. The monoisotopic (exact) mass is 296 g/mol. The van der Waals surface area contributed by atoms with Gasteiger partial charge in [-0.25, -0.2) is 0 Å². The van der Waals surface area contributed by atoms with Gasteiger partial charge >= 0.3 is 0 Å². The van der Waals surface area contributed by atoms with Crippen molar-refractivity contribution in [2.75, 3.05) is 5.32 Å². The first-order valence-electron chi connectivity index (χ1n) is 6.48. The van der Waals surface area contributed by atoms with Crippen molar-refractivity contribution in [3.8, 4) is 5.69 Å². The number of amides is 1. The fourth-order valence-electron chi connectivity index (χ4n) is 2.30. The molecule has 0 bridgehead atoms. The van der Waals surface area contributed by atoms with Gasteiger partial charge in [-0.15, -0.1) is 0 Å². The Labute approximate surface area is 127 Å². The summed E-state index contributed by atoms with van der Waals surface area (Å²) in [7, 11) is 0. The molecule has 2 aromatic carbocycles. The molecule has 3 aromatic rings. The van der Waals surface area contributed by atoms with Crippen molar-refractivity contribution in [1.82, 2.24) is 4.57 Å². The third-order valence-electron chi connectivity index (χ3n) is 3.24. The van der Waals surface area contributed by atoms with E-state index in [2.05, 4.69) is 11.9 Å². The van der Waals surface area contributed by atoms with Crippen LogP contribution in [-0.2, 0) is 4.79 Å². The number of anilines is 1. The lowest BCUT2D eigenvalue weighted by Crippen LogP contribution is -2.06. The quantitative estimate of drug-likeness (QED) is 0.714. The average Bonchev–Trinajstić information content (AvgIpc) is 2.86. The van der Waals surface area contributed by atoms with Crippen LogP contribution in [0.2, 0.25) is 5.02 Å². The van der Waals surface area contributed by atoms with Crippen molar-refractivity contribution in [3.63, 3.8) is 0 Å². The van der Waals surface area contributed by atoms with Crippen molar-refractivity contribution in [2.45, 2.75) is 0 Å². The Balaban J connectivity index is 2.19. The van der Waals surface area contributed by atoms with E-state index in [1.165, 1.54) is 6.08 Å². The number of nitrogens with one attached hydrogen (secondary N) is 1. The molecule has 0 fully saturated rings. The summed E-state index contributed by atoms with van der Waals surface area (Å²) in [5.41, 5.74) is 2.69. The van der Waals surface area contributed by atoms with Crippen molar-refractivity contribution < 1.29 is 4.79 Å². The Morgan fingerprint density at radius 3 is 2.76 bits per heavy atom. The Bertz CT molecular complexity index is 836. The highest BCUT2D eigenvalue weighted by molar-refractivity contribution is 6.30. The van der Waals surface area contributed by atoms with Gasteiger partial charge in [0.15, 0.2) is 0 Å². The van der Waals surface area contributed by atoms with E-state index in [0.29, 0.717) is 5.02 Å². The van der Waals surface area contributed by atoms with E-state index in [1.807, 2.05) is 59.3 Å². The van der Waals surface area contributed by atoms with Crippen LogP contribution in [0.4, 0.5) is 5.69 Å². The van der Waals surface area contributed by atoms with Crippen molar-refractivity contribution in [2.24, 2.45) is 0 Å². The van der Waals surface area contributed by atoms with Gasteiger partial charge in [-0.2, -0.15) is 0 Å². The first kappa shape index (κ1) is 13.5. The van der Waals surface area contributed by atoms with Crippen LogP contribution in [0.15, 0.2) is 67.4 Å². The Morgan fingerprint density at radius 2 is 2.00 bits per heavy atom. The minimum absolute atomic E-state index is 0.232. The van der Waals surface area contributed by atoms with E-state index in [-0.39, 0.29) is 5.91 Å². The van der Waals surface area contributed by atoms with Crippen LogP contribution in [-0.4, -0.2) is 10.5 Å². The molecule has 0 aliphatic rings. The molecule has 4 heteroatoms. The van der Waals surface area contributed by atoms with E-state index in [1.54, 1.807) is 0 Å². The average molecular weight is 297 g/mol. The number of nitrogens with zero attached hydrogens (tertiary/aromatic N) is 1. The molecule has 0 radical (unpaired) electrons. The maximum Gasteiger partial charge on any atom is 0.247 e. The second-order valence-corrected chi connectivity index (χ2v) is 5.04. The lowest BCUT2D eigenvalue weighted by atomic mass is 10.2. The van der Waals surface area contributed by atoms with Gasteiger partial charge in [0.1, 0.15) is 0 Å². The zero-order chi connectivity index (χ0) is 14.8. The SMILES string of the molecule is C=CC(=O)Nc1cn(-c2cccc(Cl)c2)c2ccccc12. The summed E-state index contributed by atoms with van der Waals surface area (Å²) >= 11 is 6.06. The van der Waals surface area contributed by atoms with Gasteiger partial charge in [-0.1, -0.05) is 42.4 Å². The largest absolute Gasteiger partial charge is 0.321 e. The molecule has 0 atom stereocenters. The van der Waals surface area contributed by atoms with Crippen molar-refractivity contribution >= 4 is 34.1 Å². The van der Waals surface area contributed by atoms with Crippen LogP contribution in [0.1, 0.15) is 0 Å². The first-order chi connectivity index (χ1) is 10.2. The molecule has 21 heavy (non-hydrogen) atoms. The summed E-state index contributed by atoms with van der Waals surface area (Å²) in [4.78, 5) is 11.6. The number of carbonyl (C=O) groups is 1. The fraction of sp³-hybridized carbons (Fsp3) is 0. The Kier molecular flexibility index (Phi) is 3.50. The van der Waals surface area contributed by atoms with Crippen LogP contribution >= 0.6 is 11.6 Å². The minimum Gasteiger partial charge on any atom is -0.321 e. The van der Waals surface area contributed by atoms with Gasteiger partial charge in [-0.05, 0) is 30.3 Å². The van der Waals surface area contributed by atoms with Gasteiger partial charge < -0.3 is 9.88 Å². The zero-order valence-corrected chi connectivity index (χ0v) is 12.0. The maximum atomic E-state index is 11.6. The molecule has 104 valence electrons. The standard InChI is InChI=1S/C17H13ClN2O/c1-2-17(21)19-15-11-20(13-7-5-6-12(18)10-13)16-9-4-3-8-14(15)16/h2-11H,1H2,(H,19,21). The summed E-state index contributed by atoms with van der Waals surface area (Å²) in [6, 6.07) is 15.4. The van der Waals surface area contributed by atoms with E-state index >= 15 is 0 Å². The van der Waals surface area contributed by atoms with E-state index in [4.69, 9.17) is 11.6 Å². The first-order valence-corrected chi connectivity index (χ1v) is 6.86. The van der Waals surface area contributed by atoms with Crippen LogP contribution < -0.4 is 5.32 Å². The summed E-state index contributed by atoms with van der Waals surface area (Å²) < 4.78 is 2.00. The number of aromatic nitrogens is 1. The number of hydrogen-bond donors (Lipinski definition) is 1. The van der Waals surface area contributed by atoms with Crippen LogP contribution in [0.5, 0.6) is 0 Å². The van der Waals surface area contributed by atoms with Crippen LogP contribution in [0, 0.1) is 0 Å². The topological polar surface area (TPSA) is 34.0 Å². The van der Waals surface area contributed by atoms with E-state index < -0.39 is 0 Å². The molecule has 0 aliphatic carbocycles. The molecular formula is C17H13ClN2O. The van der Waals surface area contributed by atoms with Gasteiger partial charge in [0, 0.05) is 22.3 Å². The normalized spacial score (nSPS) is 10.5. The van der Waals surface area contributed by atoms with Gasteiger partial charge in [0.25, 0.3) is 0 Å². The molecular weight excluding hydrogens is 284 g/mol. The molecule has 1 aromatic heterocycles. The predicted molar refractivity (Wildman–Crippen MR) is 87.1 cm³/mol. The molecule has 3 rings (SSSR count). The molecule has 3 nitrogen and oxygen atoms in total. The highest BCUT2D eigenvalue weighted by atomic mass is 35.5. The molecule has 0 unspecified atom stereocenters. The second-order valence-electron chi connectivity index (χ2n) is 4.60. The van der Waals surface area contributed by atoms with Gasteiger partial charge in [-0.3, -0.25) is 4.79 Å². The van der Waals surface area contributed by atoms with Gasteiger partial charge in [0.2, 0.25) is 5.91 Å². The molecule has 0 aliphatic heterocycles. The summed E-state index contributed by atoms with van der Waals surface area (Å²) in [6.07, 6.45) is 3.14. The number of carbonyl (C=O) groups excluding carboxylic acids is 1. The number of para-hydroxylation sites is 1. The molecule has 0 spiro atoms. The smallest absolute Gasteiger partial charge is 0.247 e. The summed E-state index contributed by atoms with van der Waals surface area (Å²) in [6.45, 7) is 3.48. The van der Waals surface area contributed by atoms with E-state index in [0.717, 1.165) is 22.3 Å². The number of rotatable bonds is 3. The highest BCUT2D eigenvalue weighted by Gasteiger charge is 2.10. The molecule has 0 saturated carbocycles. The maximum absolute atomic E-state index is 11.6. The second kappa shape index (κ2) is 5.46. The Morgan fingerprint density at radius 1 is 1.19 bits per heavy atom. The number of benzene rings is 2. The molecule has 1 N–H and O–H groups in total. The number of hydrogen-bond acceptors (Lipinski definition) is 1. The fourth-order valence-corrected chi connectivity index (χ4v) is 2.49. The minimum atomic E-state index is -0.232. The molecule has 0 saturated heterocycles. The third kappa shape index (κ3) is 2.56. The summed E-state index contributed by atoms with van der Waals surface area (Å²) in [5, 5.41) is 4.46. The lowest BCUT2D eigenvalue weighted by molar-refractivity contribution is -0.111. The summed E-state index contributed by atoms with van der Waals surface area (Å²) in [5.74, 6) is -0.232. The lowest BCUT2D eigenvalue weighted by Gasteiger charge is -2.05. The van der Waals surface area contributed by atoms with Crippen LogP contribution in [0.25, 0.3) is 16.6 Å². The Hall–Kier alpha value is -2.52. The van der Waals surface area contributed by atoms with Crippen LogP contribution in [0.3, 0.4) is 0 Å². The number of halogens is 1. The number of fused-ring (bicyclic) bond motifs is 1. The molecule has 1 heterocycles. The third-order valence-corrected chi connectivity index (χ3v) is 3.48. The van der Waals surface area contributed by atoms with Crippen molar-refractivity contribution in [1.29, 1.82) is 0 Å².